The Morgan fingerprint density at radius 2 is 2.00 bits per heavy atom. The monoisotopic (exact) mass is 457 g/mol. The van der Waals surface area contributed by atoms with Gasteiger partial charge >= 0.3 is 6.09 Å². The number of amides is 3. The molecule has 0 bridgehead atoms. The summed E-state index contributed by atoms with van der Waals surface area (Å²) < 4.78 is 11.2. The van der Waals surface area contributed by atoms with Crippen molar-refractivity contribution in [2.45, 2.75) is 64.7 Å². The fraction of sp³-hybridized carbons (Fsp3) is 0.560. The van der Waals surface area contributed by atoms with E-state index in [1.807, 2.05) is 52.0 Å². The topological polar surface area (TPSA) is 88.2 Å². The lowest BCUT2D eigenvalue weighted by atomic mass is 10.1. The molecule has 1 aromatic carbocycles. The number of carbonyl (C=O) groups is 3. The maximum Gasteiger partial charge on any atom is 0.410 e. The van der Waals surface area contributed by atoms with Crippen molar-refractivity contribution in [2.75, 3.05) is 31.1 Å². The molecule has 2 heterocycles. The van der Waals surface area contributed by atoms with Gasteiger partial charge in [-0.1, -0.05) is 31.2 Å². The van der Waals surface area contributed by atoms with Crippen molar-refractivity contribution in [3.63, 3.8) is 0 Å². The van der Waals surface area contributed by atoms with Crippen molar-refractivity contribution < 1.29 is 23.9 Å². The molecule has 0 aromatic heterocycles. The summed E-state index contributed by atoms with van der Waals surface area (Å²) in [5, 5.41) is 2.94. The van der Waals surface area contributed by atoms with Gasteiger partial charge in [-0.2, -0.15) is 0 Å². The van der Waals surface area contributed by atoms with Gasteiger partial charge in [0.2, 0.25) is 0 Å². The molecule has 33 heavy (non-hydrogen) atoms. The summed E-state index contributed by atoms with van der Waals surface area (Å²) >= 11 is 0. The molecule has 1 N–H and O–H groups in total. The summed E-state index contributed by atoms with van der Waals surface area (Å²) in [7, 11) is 0. The summed E-state index contributed by atoms with van der Waals surface area (Å²) in [6, 6.07) is 7.57. The zero-order valence-electron chi connectivity index (χ0n) is 20.0. The second-order valence-corrected chi connectivity index (χ2v) is 9.39. The molecule has 1 aromatic rings. The van der Waals surface area contributed by atoms with Crippen LogP contribution in [0.4, 0.5) is 10.5 Å². The first kappa shape index (κ1) is 24.8. The SMILES string of the molecule is CCC(C=CC(=O)N1CCc2ccccc21)NC(=O)C1CN(C(=O)OC(C)(C)C)CCCO1. The van der Waals surface area contributed by atoms with Gasteiger partial charge < -0.3 is 24.6 Å². The zero-order valence-corrected chi connectivity index (χ0v) is 20.0. The number of carbonyl (C=O) groups excluding carboxylic acids is 3. The number of hydrogen-bond acceptors (Lipinski definition) is 5. The molecule has 2 unspecified atom stereocenters. The van der Waals surface area contributed by atoms with Gasteiger partial charge in [-0.15, -0.1) is 0 Å². The molecule has 8 nitrogen and oxygen atoms in total. The molecule has 0 radical (unpaired) electrons. The highest BCUT2D eigenvalue weighted by Gasteiger charge is 2.31. The third-order valence-electron chi connectivity index (χ3n) is 5.61. The van der Waals surface area contributed by atoms with Crippen LogP contribution in [0.5, 0.6) is 0 Å². The molecule has 3 rings (SSSR count). The number of nitrogens with zero attached hydrogens (tertiary/aromatic N) is 2. The molecule has 1 fully saturated rings. The van der Waals surface area contributed by atoms with Crippen LogP contribution in [-0.4, -0.2) is 66.8 Å². The molecule has 1 saturated heterocycles. The predicted octanol–water partition coefficient (Wildman–Crippen LogP) is 3.05. The van der Waals surface area contributed by atoms with E-state index in [0.29, 0.717) is 32.5 Å². The Balaban J connectivity index is 1.58. The third-order valence-corrected chi connectivity index (χ3v) is 5.61. The van der Waals surface area contributed by atoms with E-state index in [1.54, 1.807) is 11.0 Å². The van der Waals surface area contributed by atoms with E-state index in [-0.39, 0.29) is 24.4 Å². The Kier molecular flexibility index (Phi) is 8.13. The zero-order chi connectivity index (χ0) is 24.0. The lowest BCUT2D eigenvalue weighted by Gasteiger charge is -2.28. The summed E-state index contributed by atoms with van der Waals surface area (Å²) in [5.74, 6) is -0.407. The first-order chi connectivity index (χ1) is 15.7. The number of nitrogens with one attached hydrogen (secondary N) is 1. The average Bonchev–Trinajstić information content (AvgIpc) is 3.03. The lowest BCUT2D eigenvalue weighted by molar-refractivity contribution is -0.133. The molecule has 180 valence electrons. The molecule has 8 heteroatoms. The van der Waals surface area contributed by atoms with Crippen molar-refractivity contribution in [3.8, 4) is 0 Å². The van der Waals surface area contributed by atoms with E-state index in [1.165, 1.54) is 16.5 Å². The number of hydrogen-bond donors (Lipinski definition) is 1. The van der Waals surface area contributed by atoms with Crippen molar-refractivity contribution in [3.05, 3.63) is 42.0 Å². The fourth-order valence-corrected chi connectivity index (χ4v) is 3.89. The van der Waals surface area contributed by atoms with Crippen LogP contribution in [0, 0.1) is 0 Å². The average molecular weight is 458 g/mol. The highest BCUT2D eigenvalue weighted by Crippen LogP contribution is 2.27. The summed E-state index contributed by atoms with van der Waals surface area (Å²) in [4.78, 5) is 41.4. The highest BCUT2D eigenvalue weighted by molar-refractivity contribution is 6.03. The minimum Gasteiger partial charge on any atom is -0.444 e. The van der Waals surface area contributed by atoms with Crippen molar-refractivity contribution in [1.82, 2.24) is 10.2 Å². The molecule has 2 atom stereocenters. The van der Waals surface area contributed by atoms with Crippen LogP contribution in [0.2, 0.25) is 0 Å². The van der Waals surface area contributed by atoms with Crippen LogP contribution in [-0.2, 0) is 25.5 Å². The van der Waals surface area contributed by atoms with E-state index >= 15 is 0 Å². The molecule has 2 aliphatic rings. The maximum atomic E-state index is 12.9. The Morgan fingerprint density at radius 3 is 2.73 bits per heavy atom. The molecule has 0 aliphatic carbocycles. The third kappa shape index (κ3) is 6.81. The number of rotatable bonds is 5. The molecule has 0 saturated carbocycles. The Hall–Kier alpha value is -2.87. The second-order valence-electron chi connectivity index (χ2n) is 9.39. The molecular weight excluding hydrogens is 422 g/mol. The van der Waals surface area contributed by atoms with Gasteiger partial charge in [-0.05, 0) is 51.7 Å². The number of fused-ring (bicyclic) bond motifs is 1. The van der Waals surface area contributed by atoms with Gasteiger partial charge in [0.05, 0.1) is 6.54 Å². The minimum absolute atomic E-state index is 0.102. The molecule has 3 amide bonds. The van der Waals surface area contributed by atoms with Crippen molar-refractivity contribution in [1.29, 1.82) is 0 Å². The smallest absolute Gasteiger partial charge is 0.410 e. The van der Waals surface area contributed by atoms with Crippen LogP contribution >= 0.6 is 0 Å². The minimum atomic E-state index is -0.788. The number of benzene rings is 1. The molecule has 0 spiro atoms. The van der Waals surface area contributed by atoms with Gasteiger partial charge in [0.15, 0.2) is 6.10 Å². The van der Waals surface area contributed by atoms with Gasteiger partial charge in [-0.25, -0.2) is 4.79 Å². The molecular formula is C25H35N3O5. The number of para-hydroxylation sites is 1. The highest BCUT2D eigenvalue weighted by atomic mass is 16.6. The lowest BCUT2D eigenvalue weighted by Crippen LogP contribution is -2.48. The predicted molar refractivity (Wildman–Crippen MR) is 126 cm³/mol. The molecule has 2 aliphatic heterocycles. The van der Waals surface area contributed by atoms with Crippen LogP contribution in [0.15, 0.2) is 36.4 Å². The van der Waals surface area contributed by atoms with Crippen LogP contribution in [0.3, 0.4) is 0 Å². The Labute approximate surface area is 195 Å². The second kappa shape index (κ2) is 10.8. The van der Waals surface area contributed by atoms with Crippen LogP contribution in [0.1, 0.15) is 46.1 Å². The quantitative estimate of drug-likeness (QED) is 0.687. The van der Waals surface area contributed by atoms with E-state index in [9.17, 15) is 14.4 Å². The van der Waals surface area contributed by atoms with Gasteiger partial charge in [0, 0.05) is 37.5 Å². The van der Waals surface area contributed by atoms with Gasteiger partial charge in [0.1, 0.15) is 5.60 Å². The van der Waals surface area contributed by atoms with E-state index in [0.717, 1.165) is 12.1 Å². The van der Waals surface area contributed by atoms with Crippen LogP contribution < -0.4 is 10.2 Å². The van der Waals surface area contributed by atoms with E-state index < -0.39 is 17.8 Å². The first-order valence-corrected chi connectivity index (χ1v) is 11.7. The largest absolute Gasteiger partial charge is 0.444 e. The van der Waals surface area contributed by atoms with E-state index in [4.69, 9.17) is 9.47 Å². The Morgan fingerprint density at radius 1 is 1.24 bits per heavy atom. The maximum absolute atomic E-state index is 12.9. The van der Waals surface area contributed by atoms with Crippen LogP contribution in [0.25, 0.3) is 0 Å². The van der Waals surface area contributed by atoms with Gasteiger partial charge in [-0.3, -0.25) is 9.59 Å². The van der Waals surface area contributed by atoms with Crippen molar-refractivity contribution in [2.24, 2.45) is 0 Å². The van der Waals surface area contributed by atoms with Crippen molar-refractivity contribution >= 4 is 23.6 Å². The number of anilines is 1. The normalized spacial score (nSPS) is 19.7. The summed E-state index contributed by atoms with van der Waals surface area (Å²) in [6.07, 6.45) is 4.11. The van der Waals surface area contributed by atoms with E-state index in [2.05, 4.69) is 5.32 Å². The summed E-state index contributed by atoms with van der Waals surface area (Å²) in [5.41, 5.74) is 1.50. The standard InChI is InChI=1S/C25H35N3O5/c1-5-19(11-12-22(29)28-15-13-18-9-6-7-10-20(18)28)26-23(30)21-17-27(14-8-16-32-21)24(31)33-25(2,3)4/h6-7,9-12,19,21H,5,8,13-17H2,1-4H3,(H,26,30). The fourth-order valence-electron chi connectivity index (χ4n) is 3.89. The first-order valence-electron chi connectivity index (χ1n) is 11.7. The summed E-state index contributed by atoms with van der Waals surface area (Å²) in [6.45, 7) is 9.01. The Bertz CT molecular complexity index is 892. The number of ether oxygens (including phenoxy) is 2. The van der Waals surface area contributed by atoms with Gasteiger partial charge in [0.25, 0.3) is 11.8 Å².